The number of nitrogens with one attached hydrogen (secondary N) is 1. The first-order chi connectivity index (χ1) is 10.6. The molecule has 0 radical (unpaired) electrons. The number of sulfonamides is 1. The van der Waals surface area contributed by atoms with Crippen LogP contribution in [0.1, 0.15) is 0 Å². The molecule has 1 N–H and O–H groups in total. The number of nitrogens with zero attached hydrogens (tertiary/aromatic N) is 1. The third-order valence-electron chi connectivity index (χ3n) is 2.96. The van der Waals surface area contributed by atoms with Crippen molar-refractivity contribution in [2.75, 3.05) is 4.72 Å². The Kier molecular flexibility index (Phi) is 3.64. The molecular formula is C15H11FN2O3S. The lowest BCUT2D eigenvalue weighted by molar-refractivity contribution is 0.569. The van der Waals surface area contributed by atoms with E-state index in [1.54, 1.807) is 24.3 Å². The summed E-state index contributed by atoms with van der Waals surface area (Å²) in [6, 6.07) is 11.8. The Bertz CT molecular complexity index is 893. The van der Waals surface area contributed by atoms with Gasteiger partial charge in [0.15, 0.2) is 12.2 Å². The number of aromatic nitrogens is 1. The molecule has 0 aliphatic rings. The second kappa shape index (κ2) is 5.61. The maximum Gasteiger partial charge on any atom is 0.264 e. The van der Waals surface area contributed by atoms with Crippen molar-refractivity contribution in [1.29, 1.82) is 0 Å². The molecule has 0 atom stereocenters. The van der Waals surface area contributed by atoms with E-state index in [1.807, 2.05) is 0 Å². The van der Waals surface area contributed by atoms with E-state index in [1.165, 1.54) is 30.8 Å². The topological polar surface area (TPSA) is 72.2 Å². The zero-order valence-electron chi connectivity index (χ0n) is 11.2. The lowest BCUT2D eigenvalue weighted by Gasteiger charge is -2.09. The molecule has 3 aromatic rings. The molecule has 0 aliphatic carbocycles. The standard InChI is InChI=1S/C15H11FN2O3S/c16-13-6-1-2-7-15(13)22(19,20)18-12-5-3-4-11(8-12)14-9-17-10-21-14/h1-10,18H. The molecule has 1 aromatic heterocycles. The molecule has 7 heteroatoms. The molecule has 0 fully saturated rings. The summed E-state index contributed by atoms with van der Waals surface area (Å²) >= 11 is 0. The Balaban J connectivity index is 1.93. The molecule has 0 saturated heterocycles. The summed E-state index contributed by atoms with van der Waals surface area (Å²) < 4.78 is 45.6. The van der Waals surface area contributed by atoms with E-state index in [9.17, 15) is 12.8 Å². The summed E-state index contributed by atoms with van der Waals surface area (Å²) in [6.07, 6.45) is 2.80. The van der Waals surface area contributed by atoms with Gasteiger partial charge in [-0.1, -0.05) is 24.3 Å². The molecule has 1 heterocycles. The van der Waals surface area contributed by atoms with E-state index >= 15 is 0 Å². The minimum Gasteiger partial charge on any atom is -0.444 e. The summed E-state index contributed by atoms with van der Waals surface area (Å²) in [5, 5.41) is 0. The fraction of sp³-hybridized carbons (Fsp3) is 0. The van der Waals surface area contributed by atoms with Gasteiger partial charge in [0.25, 0.3) is 10.0 Å². The minimum atomic E-state index is -4.00. The van der Waals surface area contributed by atoms with Crippen molar-refractivity contribution in [2.24, 2.45) is 0 Å². The summed E-state index contributed by atoms with van der Waals surface area (Å²) in [5.41, 5.74) is 0.961. The van der Waals surface area contributed by atoms with Crippen molar-refractivity contribution < 1.29 is 17.2 Å². The van der Waals surface area contributed by atoms with Crippen LogP contribution in [0.3, 0.4) is 0 Å². The number of oxazole rings is 1. The van der Waals surface area contributed by atoms with Crippen LogP contribution in [-0.2, 0) is 10.0 Å². The summed E-state index contributed by atoms with van der Waals surface area (Å²) in [4.78, 5) is 3.40. The molecule has 2 aromatic carbocycles. The normalized spacial score (nSPS) is 11.3. The fourth-order valence-corrected chi connectivity index (χ4v) is 3.10. The number of halogens is 1. The maximum absolute atomic E-state index is 13.6. The van der Waals surface area contributed by atoms with E-state index in [-0.39, 0.29) is 0 Å². The number of anilines is 1. The SMILES string of the molecule is O=S(=O)(Nc1cccc(-c2cnco2)c1)c1ccccc1F. The van der Waals surface area contributed by atoms with Crippen LogP contribution >= 0.6 is 0 Å². The van der Waals surface area contributed by atoms with Crippen LogP contribution < -0.4 is 4.72 Å². The molecule has 0 aliphatic heterocycles. The van der Waals surface area contributed by atoms with E-state index in [2.05, 4.69) is 9.71 Å². The first-order valence-electron chi connectivity index (χ1n) is 6.32. The average Bonchev–Trinajstić information content (AvgIpc) is 3.01. The first kappa shape index (κ1) is 14.3. The van der Waals surface area contributed by atoms with Gasteiger partial charge < -0.3 is 4.42 Å². The van der Waals surface area contributed by atoms with Gasteiger partial charge >= 0.3 is 0 Å². The molecule has 0 amide bonds. The molecule has 112 valence electrons. The smallest absolute Gasteiger partial charge is 0.264 e. The lowest BCUT2D eigenvalue weighted by atomic mass is 10.2. The third kappa shape index (κ3) is 2.84. The maximum atomic E-state index is 13.6. The highest BCUT2D eigenvalue weighted by Gasteiger charge is 2.18. The minimum absolute atomic E-state index is 0.303. The van der Waals surface area contributed by atoms with E-state index in [0.29, 0.717) is 17.0 Å². The van der Waals surface area contributed by atoms with E-state index in [4.69, 9.17) is 4.42 Å². The van der Waals surface area contributed by atoms with Crippen molar-refractivity contribution in [3.05, 3.63) is 66.9 Å². The van der Waals surface area contributed by atoms with Gasteiger partial charge in [-0.3, -0.25) is 4.72 Å². The van der Waals surface area contributed by atoms with Crippen molar-refractivity contribution in [3.8, 4) is 11.3 Å². The van der Waals surface area contributed by atoms with E-state index in [0.717, 1.165) is 6.07 Å². The van der Waals surface area contributed by atoms with Crippen LogP contribution in [0.15, 0.2) is 70.4 Å². The first-order valence-corrected chi connectivity index (χ1v) is 7.81. The van der Waals surface area contributed by atoms with Crippen LogP contribution in [0, 0.1) is 5.82 Å². The van der Waals surface area contributed by atoms with Gasteiger partial charge in [-0.05, 0) is 24.3 Å². The van der Waals surface area contributed by atoms with E-state index < -0.39 is 20.7 Å². The number of rotatable bonds is 4. The predicted octanol–water partition coefficient (Wildman–Crippen LogP) is 3.28. The number of benzene rings is 2. The molecule has 0 bridgehead atoms. The average molecular weight is 318 g/mol. The van der Waals surface area contributed by atoms with Crippen molar-refractivity contribution >= 4 is 15.7 Å². The second-order valence-corrected chi connectivity index (χ2v) is 6.13. The quantitative estimate of drug-likeness (QED) is 0.801. The Morgan fingerprint density at radius 3 is 2.64 bits per heavy atom. The van der Waals surface area contributed by atoms with Gasteiger partial charge in [-0.25, -0.2) is 17.8 Å². The molecule has 22 heavy (non-hydrogen) atoms. The zero-order chi connectivity index (χ0) is 15.6. The highest BCUT2D eigenvalue weighted by atomic mass is 32.2. The van der Waals surface area contributed by atoms with Gasteiger partial charge in [-0.15, -0.1) is 0 Å². The van der Waals surface area contributed by atoms with Crippen LogP contribution in [0.5, 0.6) is 0 Å². The van der Waals surface area contributed by atoms with Crippen LogP contribution in [0.4, 0.5) is 10.1 Å². The van der Waals surface area contributed by atoms with Crippen LogP contribution in [0.25, 0.3) is 11.3 Å². The summed E-state index contributed by atoms with van der Waals surface area (Å²) in [6.45, 7) is 0. The van der Waals surface area contributed by atoms with Crippen LogP contribution in [0.2, 0.25) is 0 Å². The largest absolute Gasteiger partial charge is 0.444 e. The lowest BCUT2D eigenvalue weighted by Crippen LogP contribution is -2.14. The summed E-state index contributed by atoms with van der Waals surface area (Å²) in [5.74, 6) is -0.298. The molecule has 0 saturated carbocycles. The second-order valence-electron chi connectivity index (χ2n) is 4.48. The Morgan fingerprint density at radius 1 is 1.09 bits per heavy atom. The molecular weight excluding hydrogens is 307 g/mol. The monoisotopic (exact) mass is 318 g/mol. The van der Waals surface area contributed by atoms with Crippen molar-refractivity contribution in [2.45, 2.75) is 4.90 Å². The molecule has 5 nitrogen and oxygen atoms in total. The fourth-order valence-electron chi connectivity index (χ4n) is 1.97. The van der Waals surface area contributed by atoms with Gasteiger partial charge in [0, 0.05) is 11.3 Å². The Morgan fingerprint density at radius 2 is 1.91 bits per heavy atom. The van der Waals surface area contributed by atoms with Gasteiger partial charge in [-0.2, -0.15) is 0 Å². The predicted molar refractivity (Wildman–Crippen MR) is 79.1 cm³/mol. The zero-order valence-corrected chi connectivity index (χ0v) is 12.0. The Hall–Kier alpha value is -2.67. The molecule has 0 spiro atoms. The van der Waals surface area contributed by atoms with Crippen molar-refractivity contribution in [1.82, 2.24) is 4.98 Å². The van der Waals surface area contributed by atoms with Gasteiger partial charge in [0.05, 0.1) is 6.20 Å². The highest BCUT2D eigenvalue weighted by Crippen LogP contribution is 2.24. The van der Waals surface area contributed by atoms with Gasteiger partial charge in [0.2, 0.25) is 0 Å². The summed E-state index contributed by atoms with van der Waals surface area (Å²) in [7, 11) is -4.00. The third-order valence-corrected chi connectivity index (χ3v) is 4.37. The van der Waals surface area contributed by atoms with Crippen LogP contribution in [-0.4, -0.2) is 13.4 Å². The molecule has 0 unspecified atom stereocenters. The van der Waals surface area contributed by atoms with Crippen molar-refractivity contribution in [3.63, 3.8) is 0 Å². The number of hydrogen-bond donors (Lipinski definition) is 1. The number of hydrogen-bond acceptors (Lipinski definition) is 4. The highest BCUT2D eigenvalue weighted by molar-refractivity contribution is 7.92. The van der Waals surface area contributed by atoms with Gasteiger partial charge in [0.1, 0.15) is 10.7 Å². The Labute approximate surface area is 126 Å². The molecule has 3 rings (SSSR count).